The van der Waals surface area contributed by atoms with Crippen LogP contribution in [0.25, 0.3) is 0 Å². The molecule has 2 nitrogen and oxygen atoms in total. The Labute approximate surface area is 285 Å². The van der Waals surface area contributed by atoms with Crippen molar-refractivity contribution >= 4 is 22.8 Å². The Hall–Kier alpha value is -2.66. The number of nitrogens with zero attached hydrogens (tertiary/aromatic N) is 2. The highest BCUT2D eigenvalue weighted by molar-refractivity contribution is 6.48. The van der Waals surface area contributed by atoms with Gasteiger partial charge in [-0.3, -0.25) is 4.99 Å². The summed E-state index contributed by atoms with van der Waals surface area (Å²) in [7, 11) is 0. The van der Waals surface area contributed by atoms with E-state index >= 15 is 0 Å². The molecule has 2 rings (SSSR count). The molecule has 2 aromatic carbocycles. The Morgan fingerprint density at radius 2 is 0.870 bits per heavy atom. The molecule has 0 spiro atoms. The van der Waals surface area contributed by atoms with Crippen molar-refractivity contribution in [2.24, 2.45) is 9.98 Å². The maximum absolute atomic E-state index is 5.04. The molecular weight excluding hydrogens is 556 g/mol. The summed E-state index contributed by atoms with van der Waals surface area (Å²) in [5.41, 5.74) is 9.20. The number of aryl methyl sites for hydroxylation is 4. The summed E-state index contributed by atoms with van der Waals surface area (Å²) in [5.74, 6) is 6.88. The number of benzene rings is 2. The van der Waals surface area contributed by atoms with E-state index in [1.807, 2.05) is 0 Å². The van der Waals surface area contributed by atoms with E-state index in [0.29, 0.717) is 0 Å². The van der Waals surface area contributed by atoms with Gasteiger partial charge in [0.2, 0.25) is 0 Å². The molecule has 2 heteroatoms. The lowest BCUT2D eigenvalue weighted by Crippen LogP contribution is -2.07. The van der Waals surface area contributed by atoms with E-state index in [9.17, 15) is 0 Å². The average Bonchev–Trinajstić information content (AvgIpc) is 3.08. The van der Waals surface area contributed by atoms with Crippen LogP contribution in [0.3, 0.4) is 0 Å². The SMILES string of the molecule is CCCCCCCCCCCCCCCCCCCC#CC(=N\c1ccc(CC)c(CC)c1)/C(C)=N/c1ccc(CC)c(CC)c1. The van der Waals surface area contributed by atoms with E-state index < -0.39 is 0 Å². The molecule has 0 aliphatic carbocycles. The molecular formula is C44H68N2. The van der Waals surface area contributed by atoms with Gasteiger partial charge in [0.15, 0.2) is 0 Å². The summed E-state index contributed by atoms with van der Waals surface area (Å²) < 4.78 is 0. The minimum atomic E-state index is 0.788. The summed E-state index contributed by atoms with van der Waals surface area (Å²) in [6.45, 7) is 13.2. The van der Waals surface area contributed by atoms with Crippen LogP contribution in [0.4, 0.5) is 11.4 Å². The van der Waals surface area contributed by atoms with Crippen LogP contribution in [-0.4, -0.2) is 11.4 Å². The van der Waals surface area contributed by atoms with Gasteiger partial charge in [-0.05, 0) is 91.5 Å². The van der Waals surface area contributed by atoms with E-state index in [2.05, 4.69) is 89.8 Å². The molecule has 0 saturated heterocycles. The summed E-state index contributed by atoms with van der Waals surface area (Å²) in [6, 6.07) is 13.2. The first-order chi connectivity index (χ1) is 22.6. The van der Waals surface area contributed by atoms with Gasteiger partial charge in [-0.25, -0.2) is 4.99 Å². The molecule has 254 valence electrons. The van der Waals surface area contributed by atoms with Gasteiger partial charge in [-0.2, -0.15) is 0 Å². The molecule has 0 bridgehead atoms. The van der Waals surface area contributed by atoms with Crippen LogP contribution in [0.2, 0.25) is 0 Å². The van der Waals surface area contributed by atoms with Crippen molar-refractivity contribution in [1.82, 2.24) is 0 Å². The second-order valence-electron chi connectivity index (χ2n) is 13.2. The fraction of sp³-hybridized carbons (Fsp3) is 0.636. The second kappa shape index (κ2) is 25.4. The number of unbranched alkanes of at least 4 members (excludes halogenated alkanes) is 17. The first-order valence-corrected chi connectivity index (χ1v) is 19.4. The van der Waals surface area contributed by atoms with Gasteiger partial charge >= 0.3 is 0 Å². The quantitative estimate of drug-likeness (QED) is 0.0630. The van der Waals surface area contributed by atoms with E-state index in [4.69, 9.17) is 9.98 Å². The maximum Gasteiger partial charge on any atom is 0.135 e. The van der Waals surface area contributed by atoms with E-state index in [1.165, 1.54) is 131 Å². The predicted octanol–water partition coefficient (Wildman–Crippen LogP) is 13.8. The number of hydrogen-bond donors (Lipinski definition) is 0. The summed E-state index contributed by atoms with van der Waals surface area (Å²) in [4.78, 5) is 10.0. The molecule has 0 aliphatic rings. The van der Waals surface area contributed by atoms with E-state index in [0.717, 1.165) is 54.9 Å². The lowest BCUT2D eigenvalue weighted by Gasteiger charge is -2.08. The molecule has 0 amide bonds. The zero-order chi connectivity index (χ0) is 33.2. The third kappa shape index (κ3) is 16.3. The summed E-state index contributed by atoms with van der Waals surface area (Å²) in [5, 5.41) is 0. The monoisotopic (exact) mass is 625 g/mol. The average molecular weight is 625 g/mol. The lowest BCUT2D eigenvalue weighted by atomic mass is 10.0. The van der Waals surface area contributed by atoms with Gasteiger partial charge in [-0.1, -0.05) is 155 Å². The van der Waals surface area contributed by atoms with Crippen molar-refractivity contribution in [3.63, 3.8) is 0 Å². The molecule has 0 heterocycles. The highest BCUT2D eigenvalue weighted by atomic mass is 14.8. The highest BCUT2D eigenvalue weighted by Crippen LogP contribution is 2.23. The minimum Gasteiger partial charge on any atom is -0.251 e. The Kier molecular flexibility index (Phi) is 21.8. The van der Waals surface area contributed by atoms with Crippen molar-refractivity contribution in [3.8, 4) is 11.8 Å². The molecule has 46 heavy (non-hydrogen) atoms. The fourth-order valence-corrected chi connectivity index (χ4v) is 6.37. The van der Waals surface area contributed by atoms with Crippen LogP contribution in [0.5, 0.6) is 0 Å². The number of aliphatic imine (C=N–C) groups is 2. The Morgan fingerprint density at radius 3 is 1.28 bits per heavy atom. The van der Waals surface area contributed by atoms with Crippen molar-refractivity contribution in [3.05, 3.63) is 58.7 Å². The molecule has 0 unspecified atom stereocenters. The lowest BCUT2D eigenvalue weighted by molar-refractivity contribution is 0.528. The second-order valence-corrected chi connectivity index (χ2v) is 13.2. The molecule has 0 atom stereocenters. The smallest absolute Gasteiger partial charge is 0.135 e. The molecule has 2 aromatic rings. The zero-order valence-electron chi connectivity index (χ0n) is 30.9. The topological polar surface area (TPSA) is 24.7 Å². The molecule has 0 aliphatic heterocycles. The first kappa shape index (κ1) is 39.5. The third-order valence-corrected chi connectivity index (χ3v) is 9.40. The van der Waals surface area contributed by atoms with Crippen molar-refractivity contribution in [2.45, 2.75) is 183 Å². The first-order valence-electron chi connectivity index (χ1n) is 19.4. The van der Waals surface area contributed by atoms with E-state index in [-0.39, 0.29) is 0 Å². The molecule has 0 N–H and O–H groups in total. The normalized spacial score (nSPS) is 12.0. The van der Waals surface area contributed by atoms with Gasteiger partial charge in [0, 0.05) is 6.42 Å². The van der Waals surface area contributed by atoms with Crippen LogP contribution in [0, 0.1) is 11.8 Å². The summed E-state index contributed by atoms with van der Waals surface area (Å²) in [6.07, 6.45) is 28.8. The molecule has 0 saturated carbocycles. The number of hydrogen-bond acceptors (Lipinski definition) is 2. The third-order valence-electron chi connectivity index (χ3n) is 9.40. The van der Waals surface area contributed by atoms with Crippen molar-refractivity contribution in [1.29, 1.82) is 0 Å². The highest BCUT2D eigenvalue weighted by Gasteiger charge is 2.07. The molecule has 0 radical (unpaired) electrons. The molecule has 0 fully saturated rings. The van der Waals surface area contributed by atoms with Crippen LogP contribution in [0.15, 0.2) is 46.4 Å². The van der Waals surface area contributed by atoms with Crippen molar-refractivity contribution in [2.75, 3.05) is 0 Å². The van der Waals surface area contributed by atoms with Crippen molar-refractivity contribution < 1.29 is 0 Å². The molecule has 0 aromatic heterocycles. The predicted molar refractivity (Wildman–Crippen MR) is 207 cm³/mol. The Balaban J connectivity index is 1.83. The van der Waals surface area contributed by atoms with Crippen LogP contribution >= 0.6 is 0 Å². The van der Waals surface area contributed by atoms with Gasteiger partial charge in [0.05, 0.1) is 17.1 Å². The Morgan fingerprint density at radius 1 is 0.478 bits per heavy atom. The van der Waals surface area contributed by atoms with Crippen LogP contribution in [0.1, 0.15) is 179 Å². The van der Waals surface area contributed by atoms with Crippen LogP contribution in [-0.2, 0) is 25.7 Å². The van der Waals surface area contributed by atoms with Gasteiger partial charge < -0.3 is 0 Å². The van der Waals surface area contributed by atoms with Crippen LogP contribution < -0.4 is 0 Å². The minimum absolute atomic E-state index is 0.788. The maximum atomic E-state index is 5.04. The summed E-state index contributed by atoms with van der Waals surface area (Å²) >= 11 is 0. The van der Waals surface area contributed by atoms with E-state index in [1.54, 1.807) is 0 Å². The van der Waals surface area contributed by atoms with Gasteiger partial charge in [0.1, 0.15) is 5.71 Å². The fourth-order valence-electron chi connectivity index (χ4n) is 6.37. The number of rotatable bonds is 24. The Bertz CT molecular complexity index is 1220. The zero-order valence-corrected chi connectivity index (χ0v) is 30.9. The van der Waals surface area contributed by atoms with Gasteiger partial charge in [-0.15, -0.1) is 0 Å². The standard InChI is InChI=1S/C44H68N2/c1-7-12-13-14-15-16-17-18-19-20-21-22-23-24-25-26-27-28-29-30-44(46-43-34-32-39(9-3)41(11-5)36-43)37(6)45-42-33-31-38(8-2)40(10-4)35-42/h31-36H,7-28H2,1-6H3/b45-37+,46-44+. The van der Waals surface area contributed by atoms with Gasteiger partial charge in [0.25, 0.3) is 0 Å². The largest absolute Gasteiger partial charge is 0.251 e.